The molecule has 0 radical (unpaired) electrons. The molecule has 0 saturated heterocycles. The average Bonchev–Trinajstić information content (AvgIpc) is 2.99. The van der Waals surface area contributed by atoms with E-state index in [0.29, 0.717) is 5.69 Å². The SMILES string of the molecule is CC(O)CN(C)C(=O)Nc1ccc(-n2ncc3ccccc32)cc1. The largest absolute Gasteiger partial charge is 0.392 e. The summed E-state index contributed by atoms with van der Waals surface area (Å²) in [6, 6.07) is 15.2. The van der Waals surface area contributed by atoms with Crippen molar-refractivity contribution in [1.29, 1.82) is 0 Å². The van der Waals surface area contributed by atoms with Gasteiger partial charge in [-0.2, -0.15) is 5.10 Å². The zero-order valence-electron chi connectivity index (χ0n) is 13.7. The maximum Gasteiger partial charge on any atom is 0.321 e. The van der Waals surface area contributed by atoms with E-state index in [4.69, 9.17) is 0 Å². The molecule has 1 heterocycles. The lowest BCUT2D eigenvalue weighted by Crippen LogP contribution is -2.36. The minimum Gasteiger partial charge on any atom is -0.392 e. The zero-order chi connectivity index (χ0) is 17.1. The number of hydrogen-bond donors (Lipinski definition) is 2. The van der Waals surface area contributed by atoms with Crippen LogP contribution in [0.1, 0.15) is 6.92 Å². The number of carbonyl (C=O) groups excluding carboxylic acids is 1. The van der Waals surface area contributed by atoms with Gasteiger partial charge in [-0.3, -0.25) is 0 Å². The standard InChI is InChI=1S/C18H20N4O2/c1-13(23)12-21(2)18(24)20-15-7-9-16(10-8-15)22-17-6-4-3-5-14(17)11-19-22/h3-11,13,23H,12H2,1-2H3,(H,20,24). The highest BCUT2D eigenvalue weighted by molar-refractivity contribution is 5.89. The molecule has 3 rings (SSSR count). The lowest BCUT2D eigenvalue weighted by molar-refractivity contribution is 0.149. The molecule has 0 aliphatic heterocycles. The second-order valence-electron chi connectivity index (χ2n) is 5.82. The van der Waals surface area contributed by atoms with E-state index in [1.165, 1.54) is 4.90 Å². The molecule has 0 fully saturated rings. The number of benzene rings is 2. The molecule has 124 valence electrons. The molecule has 2 amide bonds. The summed E-state index contributed by atoms with van der Waals surface area (Å²) in [5, 5.41) is 17.6. The third-order valence-corrected chi connectivity index (χ3v) is 3.73. The van der Waals surface area contributed by atoms with Crippen LogP contribution in [0.3, 0.4) is 0 Å². The van der Waals surface area contributed by atoms with Gasteiger partial charge in [0.1, 0.15) is 0 Å². The zero-order valence-corrected chi connectivity index (χ0v) is 13.7. The molecule has 0 saturated carbocycles. The number of likely N-dealkylation sites (N-methyl/N-ethyl adjacent to an activating group) is 1. The van der Waals surface area contributed by atoms with Gasteiger partial charge in [-0.1, -0.05) is 18.2 Å². The number of nitrogens with one attached hydrogen (secondary N) is 1. The first-order chi connectivity index (χ1) is 11.5. The fourth-order valence-electron chi connectivity index (χ4n) is 2.56. The molecule has 24 heavy (non-hydrogen) atoms. The van der Waals surface area contributed by atoms with Crippen LogP contribution >= 0.6 is 0 Å². The molecule has 3 aromatic rings. The van der Waals surface area contributed by atoms with Crippen LogP contribution < -0.4 is 5.32 Å². The van der Waals surface area contributed by atoms with E-state index in [1.807, 2.05) is 59.4 Å². The van der Waals surface area contributed by atoms with Gasteiger partial charge in [0.25, 0.3) is 0 Å². The number of anilines is 1. The Kier molecular flexibility index (Phi) is 4.48. The Labute approximate surface area is 140 Å². The first-order valence-electron chi connectivity index (χ1n) is 7.78. The number of urea groups is 1. The van der Waals surface area contributed by atoms with Crippen LogP contribution in [0.4, 0.5) is 10.5 Å². The van der Waals surface area contributed by atoms with Crippen LogP contribution in [0.5, 0.6) is 0 Å². The van der Waals surface area contributed by atoms with Crippen LogP contribution in [0.25, 0.3) is 16.6 Å². The predicted molar refractivity (Wildman–Crippen MR) is 94.4 cm³/mol. The number of hydrogen-bond acceptors (Lipinski definition) is 3. The van der Waals surface area contributed by atoms with Crippen molar-refractivity contribution in [1.82, 2.24) is 14.7 Å². The summed E-state index contributed by atoms with van der Waals surface area (Å²) in [5.41, 5.74) is 2.65. The summed E-state index contributed by atoms with van der Waals surface area (Å²) in [4.78, 5) is 13.5. The molecule has 0 spiro atoms. The van der Waals surface area contributed by atoms with Gasteiger partial charge in [0.15, 0.2) is 0 Å². The van der Waals surface area contributed by atoms with Gasteiger partial charge in [-0.25, -0.2) is 9.48 Å². The maximum absolute atomic E-state index is 12.0. The van der Waals surface area contributed by atoms with E-state index < -0.39 is 6.10 Å². The third-order valence-electron chi connectivity index (χ3n) is 3.73. The van der Waals surface area contributed by atoms with Crippen LogP contribution in [0.2, 0.25) is 0 Å². The van der Waals surface area contributed by atoms with Gasteiger partial charge in [0, 0.05) is 24.7 Å². The Bertz CT molecular complexity index is 840. The molecule has 6 heteroatoms. The van der Waals surface area contributed by atoms with Crippen LogP contribution in [0, 0.1) is 0 Å². The Morgan fingerprint density at radius 1 is 1.25 bits per heavy atom. The fourth-order valence-corrected chi connectivity index (χ4v) is 2.56. The van der Waals surface area contributed by atoms with Crippen LogP contribution in [-0.2, 0) is 0 Å². The van der Waals surface area contributed by atoms with E-state index in [9.17, 15) is 9.90 Å². The molecule has 0 aliphatic rings. The Balaban J connectivity index is 1.75. The predicted octanol–water partition coefficient (Wildman–Crippen LogP) is 2.87. The van der Waals surface area contributed by atoms with Crippen molar-refractivity contribution in [2.24, 2.45) is 0 Å². The lowest BCUT2D eigenvalue weighted by Gasteiger charge is -2.19. The molecule has 0 bridgehead atoms. The van der Waals surface area contributed by atoms with Crippen LogP contribution in [-0.4, -0.2) is 45.5 Å². The number of aliphatic hydroxyl groups is 1. The highest BCUT2D eigenvalue weighted by Crippen LogP contribution is 2.19. The number of nitrogens with zero attached hydrogens (tertiary/aromatic N) is 3. The quantitative estimate of drug-likeness (QED) is 0.775. The minimum atomic E-state index is -0.559. The molecule has 2 N–H and O–H groups in total. The molecular weight excluding hydrogens is 304 g/mol. The van der Waals surface area contributed by atoms with Crippen molar-refractivity contribution < 1.29 is 9.90 Å². The molecule has 1 unspecified atom stereocenters. The number of para-hydroxylation sites is 1. The molecular formula is C18H20N4O2. The van der Waals surface area contributed by atoms with E-state index >= 15 is 0 Å². The lowest BCUT2D eigenvalue weighted by atomic mass is 10.2. The second-order valence-corrected chi connectivity index (χ2v) is 5.82. The molecule has 2 aromatic carbocycles. The fraction of sp³-hybridized carbons (Fsp3) is 0.222. The van der Waals surface area contributed by atoms with Gasteiger partial charge >= 0.3 is 6.03 Å². The Hall–Kier alpha value is -2.86. The molecule has 6 nitrogen and oxygen atoms in total. The van der Waals surface area contributed by atoms with Gasteiger partial charge < -0.3 is 15.3 Å². The van der Waals surface area contributed by atoms with E-state index in [-0.39, 0.29) is 12.6 Å². The number of amides is 2. The number of rotatable bonds is 4. The minimum absolute atomic E-state index is 0.256. The second kappa shape index (κ2) is 6.72. The van der Waals surface area contributed by atoms with Crippen molar-refractivity contribution in [2.45, 2.75) is 13.0 Å². The number of aliphatic hydroxyl groups excluding tert-OH is 1. The van der Waals surface area contributed by atoms with Crippen molar-refractivity contribution in [3.63, 3.8) is 0 Å². The molecule has 1 atom stereocenters. The first-order valence-corrected chi connectivity index (χ1v) is 7.78. The van der Waals surface area contributed by atoms with Crippen molar-refractivity contribution in [2.75, 3.05) is 18.9 Å². The summed E-state index contributed by atoms with van der Waals surface area (Å²) >= 11 is 0. The summed E-state index contributed by atoms with van der Waals surface area (Å²) in [6.45, 7) is 1.93. The summed E-state index contributed by atoms with van der Waals surface area (Å²) in [7, 11) is 1.65. The number of carbonyl (C=O) groups is 1. The summed E-state index contributed by atoms with van der Waals surface area (Å²) in [5.74, 6) is 0. The Morgan fingerprint density at radius 3 is 2.67 bits per heavy atom. The normalized spacial score (nSPS) is 12.1. The maximum atomic E-state index is 12.0. The van der Waals surface area contributed by atoms with Gasteiger partial charge in [0.2, 0.25) is 0 Å². The topological polar surface area (TPSA) is 70.4 Å². The van der Waals surface area contributed by atoms with Crippen LogP contribution in [0.15, 0.2) is 54.7 Å². The molecule has 0 aliphatic carbocycles. The van der Waals surface area contributed by atoms with E-state index in [1.54, 1.807) is 14.0 Å². The third kappa shape index (κ3) is 3.38. The Morgan fingerprint density at radius 2 is 1.96 bits per heavy atom. The smallest absolute Gasteiger partial charge is 0.321 e. The monoisotopic (exact) mass is 324 g/mol. The van der Waals surface area contributed by atoms with Gasteiger partial charge in [0.05, 0.1) is 23.5 Å². The molecule has 1 aromatic heterocycles. The van der Waals surface area contributed by atoms with Gasteiger partial charge in [-0.05, 0) is 37.3 Å². The first kappa shape index (κ1) is 16.0. The summed E-state index contributed by atoms with van der Waals surface area (Å²) < 4.78 is 1.86. The van der Waals surface area contributed by atoms with Crippen molar-refractivity contribution in [3.8, 4) is 5.69 Å². The van der Waals surface area contributed by atoms with E-state index in [0.717, 1.165) is 16.6 Å². The number of fused-ring (bicyclic) bond motifs is 1. The summed E-state index contributed by atoms with van der Waals surface area (Å²) in [6.07, 6.45) is 1.27. The highest BCUT2D eigenvalue weighted by Gasteiger charge is 2.11. The van der Waals surface area contributed by atoms with E-state index in [2.05, 4.69) is 10.4 Å². The number of aromatic nitrogens is 2. The highest BCUT2D eigenvalue weighted by atomic mass is 16.3. The van der Waals surface area contributed by atoms with Gasteiger partial charge in [-0.15, -0.1) is 0 Å². The van der Waals surface area contributed by atoms with Crippen molar-refractivity contribution >= 4 is 22.6 Å². The average molecular weight is 324 g/mol. The van der Waals surface area contributed by atoms with Crippen molar-refractivity contribution in [3.05, 3.63) is 54.7 Å².